The van der Waals surface area contributed by atoms with Crippen molar-refractivity contribution < 1.29 is 0 Å². The molecule has 2 aromatic carbocycles. The number of hydrogen-bond donors (Lipinski definition) is 2. The van der Waals surface area contributed by atoms with E-state index in [2.05, 4.69) is 58.9 Å². The van der Waals surface area contributed by atoms with Gasteiger partial charge in [0.2, 0.25) is 0 Å². The van der Waals surface area contributed by atoms with Crippen LogP contribution in [0.4, 0.5) is 11.4 Å². The molecule has 3 rings (SSSR count). The summed E-state index contributed by atoms with van der Waals surface area (Å²) in [5.41, 5.74) is 8.91. The highest BCUT2D eigenvalue weighted by Gasteiger charge is 2.15. The first-order chi connectivity index (χ1) is 12.7. The Hall–Kier alpha value is -2.40. The standard InChI is InChI=1S/C21H26N4S/c1-3-11-25-12-5-7-18-14-17(9-10-20(18)25)15-22-24-21(26)23-19-8-4-6-16(2)13-19/h4,6,8-10,13-15H,3,5,7,11-12H2,1-2H3,(H2,23,24,26)/b22-15-. The molecule has 0 atom stereocenters. The molecule has 1 aliphatic rings. The van der Waals surface area contributed by atoms with Gasteiger partial charge in [-0.1, -0.05) is 25.1 Å². The molecule has 0 aromatic heterocycles. The summed E-state index contributed by atoms with van der Waals surface area (Å²) in [5.74, 6) is 0. The molecule has 0 fully saturated rings. The third-order valence-electron chi connectivity index (χ3n) is 4.47. The van der Waals surface area contributed by atoms with Crippen LogP contribution in [0, 0.1) is 6.92 Å². The number of nitrogens with zero attached hydrogens (tertiary/aromatic N) is 2. The van der Waals surface area contributed by atoms with Crippen LogP contribution in [0.2, 0.25) is 0 Å². The number of fused-ring (bicyclic) bond motifs is 1. The number of benzene rings is 2. The molecule has 2 aromatic rings. The second-order valence-corrected chi connectivity index (χ2v) is 7.08. The zero-order valence-electron chi connectivity index (χ0n) is 15.5. The Balaban J connectivity index is 1.59. The van der Waals surface area contributed by atoms with Gasteiger partial charge in [0.25, 0.3) is 0 Å². The maximum absolute atomic E-state index is 5.29. The van der Waals surface area contributed by atoms with Crippen molar-refractivity contribution >= 4 is 34.9 Å². The van der Waals surface area contributed by atoms with Crippen molar-refractivity contribution in [3.63, 3.8) is 0 Å². The van der Waals surface area contributed by atoms with Crippen LogP contribution in [0.25, 0.3) is 0 Å². The molecule has 0 radical (unpaired) electrons. The van der Waals surface area contributed by atoms with Gasteiger partial charge in [-0.15, -0.1) is 0 Å². The average Bonchev–Trinajstić information content (AvgIpc) is 2.62. The summed E-state index contributed by atoms with van der Waals surface area (Å²) in [6, 6.07) is 14.7. The minimum Gasteiger partial charge on any atom is -0.371 e. The van der Waals surface area contributed by atoms with Crippen LogP contribution < -0.4 is 15.6 Å². The summed E-state index contributed by atoms with van der Waals surface area (Å²) in [4.78, 5) is 2.49. The van der Waals surface area contributed by atoms with Crippen molar-refractivity contribution in [3.8, 4) is 0 Å². The molecule has 0 saturated carbocycles. The van der Waals surface area contributed by atoms with E-state index in [0.29, 0.717) is 5.11 Å². The predicted molar refractivity (Wildman–Crippen MR) is 115 cm³/mol. The van der Waals surface area contributed by atoms with E-state index in [1.54, 1.807) is 0 Å². The number of thiocarbonyl (C=S) groups is 1. The van der Waals surface area contributed by atoms with E-state index in [0.717, 1.165) is 30.8 Å². The van der Waals surface area contributed by atoms with Gasteiger partial charge in [0, 0.05) is 24.5 Å². The number of nitrogens with one attached hydrogen (secondary N) is 2. The fourth-order valence-electron chi connectivity index (χ4n) is 3.32. The molecule has 136 valence electrons. The van der Waals surface area contributed by atoms with Crippen LogP contribution >= 0.6 is 12.2 Å². The fourth-order valence-corrected chi connectivity index (χ4v) is 3.50. The van der Waals surface area contributed by atoms with Crippen molar-refractivity contribution in [2.24, 2.45) is 5.10 Å². The van der Waals surface area contributed by atoms with Crippen LogP contribution in [0.1, 0.15) is 36.5 Å². The van der Waals surface area contributed by atoms with E-state index >= 15 is 0 Å². The smallest absolute Gasteiger partial charge is 0.191 e. The van der Waals surface area contributed by atoms with E-state index in [-0.39, 0.29) is 0 Å². The van der Waals surface area contributed by atoms with Crippen LogP contribution in [0.3, 0.4) is 0 Å². The summed E-state index contributed by atoms with van der Waals surface area (Å²) in [6.45, 7) is 6.57. The number of hydrogen-bond acceptors (Lipinski definition) is 3. The summed E-state index contributed by atoms with van der Waals surface area (Å²) >= 11 is 5.29. The molecule has 2 N–H and O–H groups in total. The molecule has 0 unspecified atom stereocenters. The molecular weight excluding hydrogens is 340 g/mol. The van der Waals surface area contributed by atoms with Crippen molar-refractivity contribution in [3.05, 3.63) is 59.2 Å². The Kier molecular flexibility index (Phi) is 6.23. The van der Waals surface area contributed by atoms with Crippen molar-refractivity contribution in [2.75, 3.05) is 23.3 Å². The Morgan fingerprint density at radius 3 is 2.96 bits per heavy atom. The first-order valence-electron chi connectivity index (χ1n) is 9.20. The molecule has 26 heavy (non-hydrogen) atoms. The van der Waals surface area contributed by atoms with Gasteiger partial charge in [-0.2, -0.15) is 5.10 Å². The monoisotopic (exact) mass is 366 g/mol. The number of anilines is 2. The van der Waals surface area contributed by atoms with E-state index in [4.69, 9.17) is 12.2 Å². The maximum atomic E-state index is 5.29. The number of aryl methyl sites for hydroxylation is 2. The highest BCUT2D eigenvalue weighted by molar-refractivity contribution is 7.80. The van der Waals surface area contributed by atoms with E-state index in [1.807, 2.05) is 24.4 Å². The van der Waals surface area contributed by atoms with Crippen molar-refractivity contribution in [2.45, 2.75) is 33.1 Å². The van der Waals surface area contributed by atoms with E-state index in [1.165, 1.54) is 29.7 Å². The molecule has 1 aliphatic heterocycles. The van der Waals surface area contributed by atoms with Crippen LogP contribution in [-0.4, -0.2) is 24.4 Å². The fraction of sp³-hybridized carbons (Fsp3) is 0.333. The van der Waals surface area contributed by atoms with Gasteiger partial charge in [0.1, 0.15) is 0 Å². The normalized spacial score (nSPS) is 13.5. The van der Waals surface area contributed by atoms with Gasteiger partial charge >= 0.3 is 0 Å². The van der Waals surface area contributed by atoms with Gasteiger partial charge in [-0.25, -0.2) is 0 Å². The number of hydrazone groups is 1. The predicted octanol–water partition coefficient (Wildman–Crippen LogP) is 4.48. The Labute approximate surface area is 161 Å². The van der Waals surface area contributed by atoms with Crippen molar-refractivity contribution in [1.29, 1.82) is 0 Å². The lowest BCUT2D eigenvalue weighted by Crippen LogP contribution is -2.30. The maximum Gasteiger partial charge on any atom is 0.191 e. The minimum absolute atomic E-state index is 0.485. The Bertz CT molecular complexity index is 800. The van der Waals surface area contributed by atoms with Gasteiger partial charge in [0.15, 0.2) is 5.11 Å². The molecule has 0 saturated heterocycles. The lowest BCUT2D eigenvalue weighted by atomic mass is 9.99. The topological polar surface area (TPSA) is 39.7 Å². The Morgan fingerprint density at radius 2 is 2.15 bits per heavy atom. The summed E-state index contributed by atoms with van der Waals surface area (Å²) in [5, 5.41) is 7.90. The highest BCUT2D eigenvalue weighted by Crippen LogP contribution is 2.27. The quantitative estimate of drug-likeness (QED) is 0.465. The van der Waals surface area contributed by atoms with E-state index < -0.39 is 0 Å². The van der Waals surface area contributed by atoms with Crippen LogP contribution in [0.15, 0.2) is 47.6 Å². The molecule has 0 spiro atoms. The lowest BCUT2D eigenvalue weighted by molar-refractivity contribution is 0.681. The second kappa shape index (κ2) is 8.81. The molecule has 0 amide bonds. The van der Waals surface area contributed by atoms with Crippen molar-refractivity contribution in [1.82, 2.24) is 5.43 Å². The molecule has 0 bridgehead atoms. The van der Waals surface area contributed by atoms with Crippen LogP contribution in [-0.2, 0) is 6.42 Å². The molecule has 0 aliphatic carbocycles. The van der Waals surface area contributed by atoms with Crippen LogP contribution in [0.5, 0.6) is 0 Å². The summed E-state index contributed by atoms with van der Waals surface area (Å²) in [7, 11) is 0. The largest absolute Gasteiger partial charge is 0.371 e. The first kappa shape index (κ1) is 18.4. The molecule has 4 nitrogen and oxygen atoms in total. The Morgan fingerprint density at radius 1 is 1.27 bits per heavy atom. The van der Waals surface area contributed by atoms with Gasteiger partial charge in [0.05, 0.1) is 6.21 Å². The van der Waals surface area contributed by atoms with Gasteiger partial charge < -0.3 is 10.2 Å². The zero-order valence-corrected chi connectivity index (χ0v) is 16.3. The second-order valence-electron chi connectivity index (χ2n) is 6.67. The first-order valence-corrected chi connectivity index (χ1v) is 9.61. The molecular formula is C21H26N4S. The minimum atomic E-state index is 0.485. The molecule has 1 heterocycles. The number of rotatable bonds is 5. The summed E-state index contributed by atoms with van der Waals surface area (Å²) < 4.78 is 0. The SMILES string of the molecule is CCCN1CCCc2cc(/C=N\NC(=S)Nc3cccc(C)c3)ccc21. The average molecular weight is 367 g/mol. The zero-order chi connectivity index (χ0) is 18.4. The third kappa shape index (κ3) is 4.82. The lowest BCUT2D eigenvalue weighted by Gasteiger charge is -2.31. The highest BCUT2D eigenvalue weighted by atomic mass is 32.1. The molecule has 5 heteroatoms. The summed E-state index contributed by atoms with van der Waals surface area (Å²) in [6.07, 6.45) is 5.36. The van der Waals surface area contributed by atoms with E-state index in [9.17, 15) is 0 Å². The third-order valence-corrected chi connectivity index (χ3v) is 4.66. The van der Waals surface area contributed by atoms with Gasteiger partial charge in [-0.05, 0) is 79.4 Å². The van der Waals surface area contributed by atoms with Gasteiger partial charge in [-0.3, -0.25) is 5.43 Å².